The quantitative estimate of drug-likeness (QED) is 0.714. The molecular weight excluding hydrogens is 272 g/mol. The fourth-order valence-electron chi connectivity index (χ4n) is 6.15. The van der Waals surface area contributed by atoms with E-state index in [-0.39, 0.29) is 11.5 Å². The molecule has 6 atom stereocenters. The monoisotopic (exact) mass is 304 g/mol. The second kappa shape index (κ2) is 6.11. The molecule has 4 aliphatic rings. The van der Waals surface area contributed by atoms with Gasteiger partial charge in [-0.1, -0.05) is 26.3 Å². The van der Waals surface area contributed by atoms with Gasteiger partial charge in [0.15, 0.2) is 5.78 Å². The first kappa shape index (κ1) is 16.2. The largest absolute Gasteiger partial charge is 0.393 e. The second-order valence-electron chi connectivity index (χ2n) is 7.94. The summed E-state index contributed by atoms with van der Waals surface area (Å²) < 4.78 is 0. The van der Waals surface area contributed by atoms with Gasteiger partial charge in [0.2, 0.25) is 0 Å². The topological polar surface area (TPSA) is 37.3 Å². The number of hydrogen-bond acceptors (Lipinski definition) is 2. The lowest BCUT2D eigenvalue weighted by atomic mass is 9.52. The number of rotatable bonds is 0. The zero-order valence-electron chi connectivity index (χ0n) is 14.5. The first-order valence-electron chi connectivity index (χ1n) is 9.51. The Bertz CT molecular complexity index is 466. The summed E-state index contributed by atoms with van der Waals surface area (Å²) >= 11 is 0. The minimum absolute atomic E-state index is 0.0710. The molecule has 0 radical (unpaired) electrons. The molecule has 6 unspecified atom stereocenters. The minimum atomic E-state index is -0.0710. The van der Waals surface area contributed by atoms with Gasteiger partial charge in [0.1, 0.15) is 0 Å². The smallest absolute Gasteiger partial charge is 0.155 e. The summed E-state index contributed by atoms with van der Waals surface area (Å²) in [6, 6.07) is 0. The van der Waals surface area contributed by atoms with E-state index in [0.717, 1.165) is 43.4 Å². The Morgan fingerprint density at radius 2 is 1.82 bits per heavy atom. The highest BCUT2D eigenvalue weighted by atomic mass is 16.3. The zero-order valence-corrected chi connectivity index (χ0v) is 14.5. The maximum absolute atomic E-state index is 11.6. The molecule has 0 amide bonds. The molecular formula is C20H32O2. The van der Waals surface area contributed by atoms with Crippen molar-refractivity contribution >= 4 is 5.78 Å². The minimum Gasteiger partial charge on any atom is -0.393 e. The van der Waals surface area contributed by atoms with Gasteiger partial charge >= 0.3 is 0 Å². The van der Waals surface area contributed by atoms with Gasteiger partial charge in [-0.05, 0) is 80.1 Å². The first-order valence-corrected chi connectivity index (χ1v) is 9.51. The van der Waals surface area contributed by atoms with Crippen molar-refractivity contribution in [3.8, 4) is 0 Å². The number of hydrogen-bond donors (Lipinski definition) is 1. The average molecular weight is 304 g/mol. The lowest BCUT2D eigenvalue weighted by Gasteiger charge is -2.53. The normalized spacial score (nSPS) is 46.6. The van der Waals surface area contributed by atoms with Gasteiger partial charge in [0.05, 0.1) is 6.10 Å². The maximum Gasteiger partial charge on any atom is 0.155 e. The van der Waals surface area contributed by atoms with Crippen molar-refractivity contribution < 1.29 is 9.90 Å². The molecule has 0 heterocycles. The lowest BCUT2D eigenvalue weighted by Crippen LogP contribution is -2.47. The number of ketones is 1. The summed E-state index contributed by atoms with van der Waals surface area (Å²) in [5.41, 5.74) is 1.65. The molecule has 3 fully saturated rings. The number of fused-ring (bicyclic) bond motifs is 5. The lowest BCUT2D eigenvalue weighted by molar-refractivity contribution is -0.116. The van der Waals surface area contributed by atoms with E-state index >= 15 is 0 Å². The van der Waals surface area contributed by atoms with Gasteiger partial charge in [-0.15, -0.1) is 0 Å². The van der Waals surface area contributed by atoms with Crippen LogP contribution in [0, 0.1) is 29.1 Å². The van der Waals surface area contributed by atoms with Gasteiger partial charge in [0.25, 0.3) is 0 Å². The standard InChI is InChI=1S/C18H26O2.C2H6/c1-18-9-8-14-13-5-3-12(19)10-11(13)2-4-15(14)16(18)6-7-17(18)20;1-2/h10,13-17,20H,2-9H2,1H3;1-2H3. The van der Waals surface area contributed by atoms with Crippen LogP contribution in [0.15, 0.2) is 11.6 Å². The summed E-state index contributed by atoms with van der Waals surface area (Å²) in [4.78, 5) is 11.6. The third-order valence-corrected chi connectivity index (χ3v) is 7.25. The van der Waals surface area contributed by atoms with E-state index in [4.69, 9.17) is 0 Å². The van der Waals surface area contributed by atoms with E-state index in [1.807, 2.05) is 19.9 Å². The van der Waals surface area contributed by atoms with Crippen LogP contribution >= 0.6 is 0 Å². The molecule has 2 heteroatoms. The molecule has 1 N–H and O–H groups in total. The number of carbonyl (C=O) groups is 1. The van der Waals surface area contributed by atoms with Gasteiger partial charge < -0.3 is 5.11 Å². The van der Waals surface area contributed by atoms with Crippen molar-refractivity contribution in [1.29, 1.82) is 0 Å². The van der Waals surface area contributed by atoms with Crippen LogP contribution in [0.4, 0.5) is 0 Å². The Kier molecular flexibility index (Phi) is 4.51. The fourth-order valence-corrected chi connectivity index (χ4v) is 6.15. The predicted molar refractivity (Wildman–Crippen MR) is 89.4 cm³/mol. The maximum atomic E-state index is 11.6. The van der Waals surface area contributed by atoms with Crippen molar-refractivity contribution in [3.05, 3.63) is 11.6 Å². The van der Waals surface area contributed by atoms with Gasteiger partial charge in [-0.2, -0.15) is 0 Å². The summed E-state index contributed by atoms with van der Waals surface area (Å²) in [5.74, 6) is 3.38. The van der Waals surface area contributed by atoms with Crippen LogP contribution in [0.3, 0.4) is 0 Å². The van der Waals surface area contributed by atoms with Crippen molar-refractivity contribution in [2.45, 2.75) is 78.2 Å². The van der Waals surface area contributed by atoms with Crippen molar-refractivity contribution in [2.24, 2.45) is 29.1 Å². The molecule has 0 aromatic carbocycles. The predicted octanol–water partition coefficient (Wildman–Crippen LogP) is 4.52. The molecule has 0 bridgehead atoms. The van der Waals surface area contributed by atoms with E-state index in [9.17, 15) is 9.90 Å². The molecule has 0 saturated heterocycles. The Morgan fingerprint density at radius 3 is 2.59 bits per heavy atom. The van der Waals surface area contributed by atoms with Crippen LogP contribution in [0.2, 0.25) is 0 Å². The number of allylic oxidation sites excluding steroid dienone is 1. The van der Waals surface area contributed by atoms with Crippen LogP contribution in [0.1, 0.15) is 72.1 Å². The van der Waals surface area contributed by atoms with Crippen LogP contribution in [-0.4, -0.2) is 17.0 Å². The van der Waals surface area contributed by atoms with E-state index in [0.29, 0.717) is 11.7 Å². The zero-order chi connectivity index (χ0) is 15.9. The third kappa shape index (κ3) is 2.38. The fraction of sp³-hybridized carbons (Fsp3) is 0.850. The Labute approximate surface area is 135 Å². The third-order valence-electron chi connectivity index (χ3n) is 7.25. The van der Waals surface area contributed by atoms with Crippen LogP contribution in [-0.2, 0) is 4.79 Å². The number of aliphatic hydroxyl groups excluding tert-OH is 1. The Morgan fingerprint density at radius 1 is 1.05 bits per heavy atom. The van der Waals surface area contributed by atoms with Crippen molar-refractivity contribution in [3.63, 3.8) is 0 Å². The molecule has 2 nitrogen and oxygen atoms in total. The molecule has 0 spiro atoms. The molecule has 0 aliphatic heterocycles. The summed E-state index contributed by atoms with van der Waals surface area (Å²) in [6.07, 6.45) is 10.9. The summed E-state index contributed by atoms with van der Waals surface area (Å²) in [6.45, 7) is 6.33. The highest BCUT2D eigenvalue weighted by Gasteiger charge is 2.55. The molecule has 0 aromatic heterocycles. The molecule has 22 heavy (non-hydrogen) atoms. The molecule has 3 saturated carbocycles. The highest BCUT2D eigenvalue weighted by molar-refractivity contribution is 5.91. The van der Waals surface area contributed by atoms with Crippen LogP contribution < -0.4 is 0 Å². The van der Waals surface area contributed by atoms with E-state index in [1.54, 1.807) is 0 Å². The van der Waals surface area contributed by atoms with Crippen LogP contribution in [0.5, 0.6) is 0 Å². The SMILES string of the molecule is CC.CC12CCC3C4CCC(=O)C=C4CCC3C1CCC2O. The number of aliphatic hydroxyl groups is 1. The van der Waals surface area contributed by atoms with Gasteiger partial charge in [-0.3, -0.25) is 4.79 Å². The molecule has 4 rings (SSSR count). The molecule has 4 aliphatic carbocycles. The average Bonchev–Trinajstić information content (AvgIpc) is 2.84. The van der Waals surface area contributed by atoms with Crippen molar-refractivity contribution in [2.75, 3.05) is 0 Å². The first-order chi connectivity index (χ1) is 10.6. The van der Waals surface area contributed by atoms with E-state index in [1.165, 1.54) is 31.3 Å². The molecule has 0 aromatic rings. The van der Waals surface area contributed by atoms with E-state index < -0.39 is 0 Å². The van der Waals surface area contributed by atoms with Gasteiger partial charge in [0, 0.05) is 6.42 Å². The Hall–Kier alpha value is -0.630. The second-order valence-corrected chi connectivity index (χ2v) is 7.94. The molecule has 124 valence electrons. The summed E-state index contributed by atoms with van der Waals surface area (Å²) in [7, 11) is 0. The number of carbonyl (C=O) groups excluding carboxylic acids is 1. The Balaban J connectivity index is 0.000000693. The summed E-state index contributed by atoms with van der Waals surface area (Å²) in [5, 5.41) is 10.4. The van der Waals surface area contributed by atoms with Crippen LogP contribution in [0.25, 0.3) is 0 Å². The van der Waals surface area contributed by atoms with E-state index in [2.05, 4.69) is 6.92 Å². The highest BCUT2D eigenvalue weighted by Crippen LogP contribution is 2.61. The van der Waals surface area contributed by atoms with Crippen molar-refractivity contribution in [1.82, 2.24) is 0 Å². The van der Waals surface area contributed by atoms with Gasteiger partial charge in [-0.25, -0.2) is 0 Å².